The van der Waals surface area contributed by atoms with E-state index in [-0.39, 0.29) is 0 Å². The smallest absolute Gasteiger partial charge is 0.161 e. The number of hydrogen-bond donors (Lipinski definition) is 1. The lowest BCUT2D eigenvalue weighted by Crippen LogP contribution is -2.16. The molecule has 1 aliphatic heterocycles. The van der Waals surface area contributed by atoms with Crippen LogP contribution in [0.1, 0.15) is 11.3 Å². The van der Waals surface area contributed by atoms with E-state index in [0.29, 0.717) is 13.2 Å². The lowest BCUT2D eigenvalue weighted by molar-refractivity contribution is 0.171. The first kappa shape index (κ1) is 11.2. The summed E-state index contributed by atoms with van der Waals surface area (Å²) in [5.74, 6) is 2.60. The zero-order chi connectivity index (χ0) is 12.2. The van der Waals surface area contributed by atoms with Crippen LogP contribution >= 0.6 is 0 Å². The zero-order valence-corrected chi connectivity index (χ0v) is 10.0. The summed E-state index contributed by atoms with van der Waals surface area (Å²) in [7, 11) is 0. The van der Waals surface area contributed by atoms with E-state index in [9.17, 15) is 0 Å². The Morgan fingerprint density at radius 2 is 1.89 bits per heavy atom. The third kappa shape index (κ3) is 2.49. The Bertz CT molecular complexity index is 508. The average Bonchev–Trinajstić information content (AvgIpc) is 2.92. The van der Waals surface area contributed by atoms with Crippen molar-refractivity contribution in [1.29, 1.82) is 0 Å². The molecule has 1 aromatic heterocycles. The molecule has 3 rings (SSSR count). The third-order valence-electron chi connectivity index (χ3n) is 2.82. The molecule has 0 amide bonds. The number of ether oxygens (including phenoxy) is 2. The monoisotopic (exact) mass is 245 g/mol. The predicted molar refractivity (Wildman–Crippen MR) is 66.7 cm³/mol. The summed E-state index contributed by atoms with van der Waals surface area (Å²) in [5, 5.41) is 3.32. The topological polar surface area (TPSA) is 43.6 Å². The van der Waals surface area contributed by atoms with E-state index in [1.165, 1.54) is 5.56 Å². The van der Waals surface area contributed by atoms with Crippen LogP contribution in [0.15, 0.2) is 41.0 Å². The van der Waals surface area contributed by atoms with Crippen molar-refractivity contribution in [1.82, 2.24) is 5.32 Å². The number of fused-ring (bicyclic) bond motifs is 1. The van der Waals surface area contributed by atoms with Crippen molar-refractivity contribution in [3.63, 3.8) is 0 Å². The molecule has 1 aromatic carbocycles. The Labute approximate surface area is 106 Å². The molecular formula is C14H15NO3. The van der Waals surface area contributed by atoms with Crippen LogP contribution in [0.5, 0.6) is 11.5 Å². The first-order valence-corrected chi connectivity index (χ1v) is 6.03. The van der Waals surface area contributed by atoms with E-state index < -0.39 is 0 Å². The molecule has 2 aromatic rings. The van der Waals surface area contributed by atoms with Crippen molar-refractivity contribution in [2.75, 3.05) is 13.2 Å². The number of rotatable bonds is 4. The van der Waals surface area contributed by atoms with E-state index in [4.69, 9.17) is 13.9 Å². The van der Waals surface area contributed by atoms with Gasteiger partial charge in [-0.1, -0.05) is 6.07 Å². The second-order valence-electron chi connectivity index (χ2n) is 4.16. The van der Waals surface area contributed by atoms with Gasteiger partial charge < -0.3 is 19.2 Å². The van der Waals surface area contributed by atoms with Crippen molar-refractivity contribution in [3.05, 3.63) is 47.9 Å². The first-order chi connectivity index (χ1) is 8.92. The van der Waals surface area contributed by atoms with Gasteiger partial charge in [-0.05, 0) is 29.8 Å². The van der Waals surface area contributed by atoms with Gasteiger partial charge in [0.2, 0.25) is 0 Å². The molecule has 0 bridgehead atoms. The largest absolute Gasteiger partial charge is 0.486 e. The van der Waals surface area contributed by atoms with Gasteiger partial charge >= 0.3 is 0 Å². The highest BCUT2D eigenvalue weighted by Crippen LogP contribution is 2.30. The summed E-state index contributed by atoms with van der Waals surface area (Å²) in [6.45, 7) is 2.75. The standard InChI is InChI=1S/C14H15NO3/c1-2-12(16-5-1)10-15-9-11-3-4-13-14(8-11)18-7-6-17-13/h1-5,8,15H,6-7,9-10H2. The fraction of sp³-hybridized carbons (Fsp3) is 0.286. The molecule has 94 valence electrons. The minimum atomic E-state index is 0.621. The molecule has 1 N–H and O–H groups in total. The summed E-state index contributed by atoms with van der Waals surface area (Å²) in [5.41, 5.74) is 1.17. The van der Waals surface area contributed by atoms with Gasteiger partial charge in [-0.25, -0.2) is 0 Å². The molecule has 4 nitrogen and oxygen atoms in total. The first-order valence-electron chi connectivity index (χ1n) is 6.03. The zero-order valence-electron chi connectivity index (χ0n) is 10.0. The van der Waals surface area contributed by atoms with Crippen LogP contribution in [0.2, 0.25) is 0 Å². The van der Waals surface area contributed by atoms with Gasteiger partial charge in [-0.15, -0.1) is 0 Å². The highest BCUT2D eigenvalue weighted by Gasteiger charge is 2.11. The van der Waals surface area contributed by atoms with Crippen molar-refractivity contribution < 1.29 is 13.9 Å². The van der Waals surface area contributed by atoms with Gasteiger partial charge in [-0.3, -0.25) is 0 Å². The van der Waals surface area contributed by atoms with Crippen molar-refractivity contribution in [2.45, 2.75) is 13.1 Å². The molecule has 0 saturated heterocycles. The summed E-state index contributed by atoms with van der Waals surface area (Å²) in [6.07, 6.45) is 1.68. The van der Waals surface area contributed by atoms with Gasteiger partial charge in [-0.2, -0.15) is 0 Å². The molecule has 0 spiro atoms. The normalized spacial score (nSPS) is 13.6. The average molecular weight is 245 g/mol. The van der Waals surface area contributed by atoms with E-state index in [1.807, 2.05) is 30.3 Å². The van der Waals surface area contributed by atoms with Crippen molar-refractivity contribution in [2.24, 2.45) is 0 Å². The highest BCUT2D eigenvalue weighted by atomic mass is 16.6. The molecule has 0 unspecified atom stereocenters. The van der Waals surface area contributed by atoms with Crippen LogP contribution in [0.3, 0.4) is 0 Å². The summed E-state index contributed by atoms with van der Waals surface area (Å²) in [4.78, 5) is 0. The van der Waals surface area contributed by atoms with Crippen LogP contribution in [0.25, 0.3) is 0 Å². The summed E-state index contributed by atoms with van der Waals surface area (Å²) < 4.78 is 16.3. The minimum absolute atomic E-state index is 0.621. The number of benzene rings is 1. The van der Waals surface area contributed by atoms with Gasteiger partial charge in [0.05, 0.1) is 12.8 Å². The Balaban J connectivity index is 1.59. The van der Waals surface area contributed by atoms with Gasteiger partial charge in [0, 0.05) is 6.54 Å². The Morgan fingerprint density at radius 3 is 2.72 bits per heavy atom. The van der Waals surface area contributed by atoms with Crippen LogP contribution in [0.4, 0.5) is 0 Å². The molecular weight excluding hydrogens is 230 g/mol. The molecule has 18 heavy (non-hydrogen) atoms. The second-order valence-corrected chi connectivity index (χ2v) is 4.16. The molecule has 0 atom stereocenters. The van der Waals surface area contributed by atoms with Gasteiger partial charge in [0.15, 0.2) is 11.5 Å². The van der Waals surface area contributed by atoms with Crippen LogP contribution in [0, 0.1) is 0 Å². The second kappa shape index (κ2) is 5.14. The number of furan rings is 1. The lowest BCUT2D eigenvalue weighted by atomic mass is 10.2. The molecule has 2 heterocycles. The molecule has 1 aliphatic rings. The fourth-order valence-corrected chi connectivity index (χ4v) is 1.94. The minimum Gasteiger partial charge on any atom is -0.486 e. The number of hydrogen-bond acceptors (Lipinski definition) is 4. The maximum absolute atomic E-state index is 5.55. The molecule has 0 aliphatic carbocycles. The quantitative estimate of drug-likeness (QED) is 0.898. The van der Waals surface area contributed by atoms with Crippen molar-refractivity contribution in [3.8, 4) is 11.5 Å². The third-order valence-corrected chi connectivity index (χ3v) is 2.82. The fourth-order valence-electron chi connectivity index (χ4n) is 1.94. The van der Waals surface area contributed by atoms with Crippen LogP contribution in [-0.2, 0) is 13.1 Å². The summed E-state index contributed by atoms with van der Waals surface area (Å²) >= 11 is 0. The van der Waals surface area contributed by atoms with Gasteiger partial charge in [0.25, 0.3) is 0 Å². The Kier molecular flexibility index (Phi) is 3.19. The number of nitrogens with one attached hydrogen (secondary N) is 1. The molecule has 4 heteroatoms. The van der Waals surface area contributed by atoms with Crippen LogP contribution < -0.4 is 14.8 Å². The van der Waals surface area contributed by atoms with E-state index in [0.717, 1.165) is 30.3 Å². The Morgan fingerprint density at radius 1 is 1.00 bits per heavy atom. The molecule has 0 saturated carbocycles. The van der Waals surface area contributed by atoms with E-state index >= 15 is 0 Å². The predicted octanol–water partition coefficient (Wildman–Crippen LogP) is 2.34. The summed E-state index contributed by atoms with van der Waals surface area (Å²) in [6, 6.07) is 9.86. The SMILES string of the molecule is c1coc(CNCc2ccc3c(c2)OCCO3)c1. The van der Waals surface area contributed by atoms with E-state index in [1.54, 1.807) is 6.26 Å². The lowest BCUT2D eigenvalue weighted by Gasteiger charge is -2.18. The molecule has 0 fully saturated rings. The maximum Gasteiger partial charge on any atom is 0.161 e. The molecule has 0 radical (unpaired) electrons. The van der Waals surface area contributed by atoms with Crippen LogP contribution in [-0.4, -0.2) is 13.2 Å². The highest BCUT2D eigenvalue weighted by molar-refractivity contribution is 5.43. The maximum atomic E-state index is 5.55. The van der Waals surface area contributed by atoms with E-state index in [2.05, 4.69) is 5.32 Å². The van der Waals surface area contributed by atoms with Crippen molar-refractivity contribution >= 4 is 0 Å². The van der Waals surface area contributed by atoms with Gasteiger partial charge in [0.1, 0.15) is 19.0 Å². The Hall–Kier alpha value is -1.94.